The van der Waals surface area contributed by atoms with E-state index in [0.717, 1.165) is 37.0 Å². The summed E-state index contributed by atoms with van der Waals surface area (Å²) in [6, 6.07) is 14.1. The van der Waals surface area contributed by atoms with E-state index >= 15 is 0 Å². The summed E-state index contributed by atoms with van der Waals surface area (Å²) < 4.78 is 32.2. The lowest BCUT2D eigenvalue weighted by Crippen LogP contribution is -2.28. The highest BCUT2D eigenvalue weighted by molar-refractivity contribution is 7.89. The van der Waals surface area contributed by atoms with E-state index in [9.17, 15) is 13.2 Å². The lowest BCUT2D eigenvalue weighted by atomic mass is 10.1. The van der Waals surface area contributed by atoms with Crippen LogP contribution in [0.15, 0.2) is 53.4 Å². The number of hydrogen-bond donors (Lipinski definition) is 1. The van der Waals surface area contributed by atoms with Crippen LogP contribution >= 0.6 is 0 Å². The topological polar surface area (TPSA) is 75.7 Å². The van der Waals surface area contributed by atoms with Gasteiger partial charge in [0.2, 0.25) is 10.0 Å². The summed E-state index contributed by atoms with van der Waals surface area (Å²) in [5.41, 5.74) is 1.58. The molecular weight excluding hydrogens is 388 g/mol. The fraction of sp³-hybridized carbons (Fsp3) is 0.409. The normalized spacial score (nSPS) is 14.7. The predicted octanol–water partition coefficient (Wildman–Crippen LogP) is 3.23. The Morgan fingerprint density at radius 3 is 2.45 bits per heavy atom. The van der Waals surface area contributed by atoms with Crippen molar-refractivity contribution in [3.05, 3.63) is 59.7 Å². The number of carbonyl (C=O) groups excluding carboxylic acids is 1. The number of nitrogens with one attached hydrogen (secondary N) is 1. The van der Waals surface area contributed by atoms with Crippen LogP contribution in [0.3, 0.4) is 0 Å². The number of aryl methyl sites for hydroxylation is 1. The van der Waals surface area contributed by atoms with Crippen molar-refractivity contribution in [2.45, 2.75) is 37.5 Å². The Morgan fingerprint density at radius 2 is 1.76 bits per heavy atom. The minimum absolute atomic E-state index is 0.201. The van der Waals surface area contributed by atoms with Gasteiger partial charge in [-0.1, -0.05) is 18.2 Å². The molecule has 6 nitrogen and oxygen atoms in total. The van der Waals surface area contributed by atoms with Crippen LogP contribution in [-0.4, -0.2) is 44.9 Å². The Morgan fingerprint density at radius 1 is 1.07 bits per heavy atom. The lowest BCUT2D eigenvalue weighted by Gasteiger charge is -2.15. The molecule has 156 valence electrons. The number of rotatable bonds is 9. The first-order valence-corrected chi connectivity index (χ1v) is 11.6. The van der Waals surface area contributed by atoms with E-state index in [1.54, 1.807) is 12.1 Å². The van der Waals surface area contributed by atoms with E-state index in [4.69, 9.17) is 4.74 Å². The largest absolute Gasteiger partial charge is 0.494 e. The Kier molecular flexibility index (Phi) is 7.28. The zero-order chi connectivity index (χ0) is 20.7. The third-order valence-electron chi connectivity index (χ3n) is 5.00. The molecule has 0 atom stereocenters. The number of sulfonamides is 1. The SMILES string of the molecule is CCOc1ccccc1CCCNC(=O)c1ccc(S(=O)(=O)N2CCCC2)cc1. The molecule has 1 amide bonds. The fourth-order valence-corrected chi connectivity index (χ4v) is 4.96. The van der Waals surface area contributed by atoms with Crippen molar-refractivity contribution in [3.8, 4) is 5.75 Å². The van der Waals surface area contributed by atoms with Gasteiger partial charge in [-0.2, -0.15) is 4.31 Å². The monoisotopic (exact) mass is 416 g/mol. The Balaban J connectivity index is 1.51. The van der Waals surface area contributed by atoms with E-state index in [-0.39, 0.29) is 10.8 Å². The number of carbonyl (C=O) groups is 1. The number of ether oxygens (including phenoxy) is 1. The first kappa shape index (κ1) is 21.3. The first-order chi connectivity index (χ1) is 14.0. The van der Waals surface area contributed by atoms with E-state index in [1.165, 1.54) is 16.4 Å². The summed E-state index contributed by atoms with van der Waals surface area (Å²) in [7, 11) is -3.45. The predicted molar refractivity (Wildman–Crippen MR) is 113 cm³/mol. The van der Waals surface area contributed by atoms with Gasteiger partial charge in [0.05, 0.1) is 11.5 Å². The Hall–Kier alpha value is -2.38. The van der Waals surface area contributed by atoms with Crippen molar-refractivity contribution in [1.29, 1.82) is 0 Å². The summed E-state index contributed by atoms with van der Waals surface area (Å²) in [5.74, 6) is 0.685. The smallest absolute Gasteiger partial charge is 0.251 e. The average molecular weight is 417 g/mol. The van der Waals surface area contributed by atoms with Crippen LogP contribution in [0.2, 0.25) is 0 Å². The van der Waals surface area contributed by atoms with Crippen LogP contribution in [0.4, 0.5) is 0 Å². The third kappa shape index (κ3) is 5.36. The van der Waals surface area contributed by atoms with Gasteiger partial charge >= 0.3 is 0 Å². The molecule has 0 unspecified atom stereocenters. The summed E-state index contributed by atoms with van der Waals surface area (Å²) in [4.78, 5) is 12.6. The number of nitrogens with zero attached hydrogens (tertiary/aromatic N) is 1. The average Bonchev–Trinajstić information content (AvgIpc) is 3.28. The molecular formula is C22H28N2O4S. The zero-order valence-corrected chi connectivity index (χ0v) is 17.6. The van der Waals surface area contributed by atoms with Gasteiger partial charge in [-0.05, 0) is 68.5 Å². The molecule has 1 aliphatic heterocycles. The van der Waals surface area contributed by atoms with Gasteiger partial charge < -0.3 is 10.1 Å². The van der Waals surface area contributed by atoms with Gasteiger partial charge in [0.1, 0.15) is 5.75 Å². The molecule has 0 spiro atoms. The highest BCUT2D eigenvalue weighted by atomic mass is 32.2. The van der Waals surface area contributed by atoms with Gasteiger partial charge in [-0.3, -0.25) is 4.79 Å². The zero-order valence-electron chi connectivity index (χ0n) is 16.8. The van der Waals surface area contributed by atoms with E-state index < -0.39 is 10.0 Å². The molecule has 2 aromatic rings. The van der Waals surface area contributed by atoms with Crippen LogP contribution in [0.1, 0.15) is 42.1 Å². The van der Waals surface area contributed by atoms with Gasteiger partial charge in [-0.15, -0.1) is 0 Å². The number of hydrogen-bond acceptors (Lipinski definition) is 4. The molecule has 0 radical (unpaired) electrons. The minimum atomic E-state index is -3.45. The first-order valence-electron chi connectivity index (χ1n) is 10.1. The van der Waals surface area contributed by atoms with Crippen LogP contribution in [-0.2, 0) is 16.4 Å². The van der Waals surface area contributed by atoms with Crippen molar-refractivity contribution in [2.75, 3.05) is 26.2 Å². The standard InChI is InChI=1S/C22H28N2O4S/c1-2-28-21-10-4-3-8-18(21)9-7-15-23-22(25)19-11-13-20(14-12-19)29(26,27)24-16-5-6-17-24/h3-4,8,10-14H,2,5-7,9,15-17H2,1H3,(H,23,25). The van der Waals surface area contributed by atoms with Crippen molar-refractivity contribution >= 4 is 15.9 Å². The molecule has 0 aromatic heterocycles. The van der Waals surface area contributed by atoms with Crippen LogP contribution < -0.4 is 10.1 Å². The summed E-state index contributed by atoms with van der Waals surface area (Å²) >= 11 is 0. The van der Waals surface area contributed by atoms with Crippen molar-refractivity contribution in [3.63, 3.8) is 0 Å². The minimum Gasteiger partial charge on any atom is -0.494 e. The van der Waals surface area contributed by atoms with E-state index in [1.807, 2.05) is 31.2 Å². The van der Waals surface area contributed by atoms with E-state index in [2.05, 4.69) is 5.32 Å². The fourth-order valence-electron chi connectivity index (χ4n) is 3.45. The second-order valence-corrected chi connectivity index (χ2v) is 8.97. The van der Waals surface area contributed by atoms with Crippen LogP contribution in [0.25, 0.3) is 0 Å². The van der Waals surface area contributed by atoms with E-state index in [0.29, 0.717) is 31.8 Å². The Labute approximate surface area is 172 Å². The molecule has 7 heteroatoms. The second kappa shape index (κ2) is 9.89. The molecule has 0 saturated carbocycles. The van der Waals surface area contributed by atoms with Gasteiger partial charge in [0.25, 0.3) is 5.91 Å². The molecule has 29 heavy (non-hydrogen) atoms. The molecule has 1 N–H and O–H groups in total. The molecule has 1 saturated heterocycles. The quantitative estimate of drug-likeness (QED) is 0.637. The summed E-state index contributed by atoms with van der Waals surface area (Å²) in [6.07, 6.45) is 3.39. The van der Waals surface area contributed by atoms with Gasteiger partial charge in [0, 0.05) is 25.2 Å². The summed E-state index contributed by atoms with van der Waals surface area (Å²) in [6.45, 7) is 4.25. The van der Waals surface area contributed by atoms with Crippen molar-refractivity contribution in [2.24, 2.45) is 0 Å². The molecule has 1 heterocycles. The third-order valence-corrected chi connectivity index (χ3v) is 6.91. The highest BCUT2D eigenvalue weighted by Gasteiger charge is 2.27. The molecule has 0 bridgehead atoms. The Bertz CT molecular complexity index is 920. The lowest BCUT2D eigenvalue weighted by molar-refractivity contribution is 0.0953. The van der Waals surface area contributed by atoms with Gasteiger partial charge in [0.15, 0.2) is 0 Å². The molecule has 2 aromatic carbocycles. The molecule has 1 fully saturated rings. The maximum absolute atomic E-state index is 12.6. The maximum atomic E-state index is 12.6. The van der Waals surface area contributed by atoms with Crippen LogP contribution in [0, 0.1) is 0 Å². The molecule has 0 aliphatic carbocycles. The highest BCUT2D eigenvalue weighted by Crippen LogP contribution is 2.21. The van der Waals surface area contributed by atoms with Crippen LogP contribution in [0.5, 0.6) is 5.75 Å². The second-order valence-electron chi connectivity index (χ2n) is 7.04. The van der Waals surface area contributed by atoms with Crippen molar-refractivity contribution in [1.82, 2.24) is 9.62 Å². The number of benzene rings is 2. The maximum Gasteiger partial charge on any atom is 0.251 e. The van der Waals surface area contributed by atoms with Crippen molar-refractivity contribution < 1.29 is 17.9 Å². The molecule has 3 rings (SSSR count). The number of para-hydroxylation sites is 1. The number of amides is 1. The summed E-state index contributed by atoms with van der Waals surface area (Å²) in [5, 5.41) is 2.89. The molecule has 1 aliphatic rings. The van der Waals surface area contributed by atoms with Gasteiger partial charge in [-0.25, -0.2) is 8.42 Å².